The quantitative estimate of drug-likeness (QED) is 0.597. The van der Waals surface area contributed by atoms with Crippen molar-refractivity contribution < 1.29 is 22.3 Å². The van der Waals surface area contributed by atoms with Crippen LogP contribution in [0.4, 0.5) is 13.2 Å². The van der Waals surface area contributed by atoms with Gasteiger partial charge < -0.3 is 9.15 Å². The highest BCUT2D eigenvalue weighted by atomic mass is 19.4. The van der Waals surface area contributed by atoms with Crippen molar-refractivity contribution >= 4 is 0 Å². The van der Waals surface area contributed by atoms with Crippen molar-refractivity contribution in [3.63, 3.8) is 0 Å². The molecule has 0 spiro atoms. The molecule has 0 bridgehead atoms. The van der Waals surface area contributed by atoms with E-state index in [1.807, 2.05) is 31.2 Å². The number of nitrogens with zero attached hydrogens (tertiary/aromatic N) is 1. The van der Waals surface area contributed by atoms with Crippen LogP contribution in [0.15, 0.2) is 59.2 Å². The molecule has 0 aliphatic rings. The molecule has 0 fully saturated rings. The van der Waals surface area contributed by atoms with Gasteiger partial charge in [-0.05, 0) is 44.2 Å². The molecule has 0 radical (unpaired) electrons. The minimum absolute atomic E-state index is 0.125. The summed E-state index contributed by atoms with van der Waals surface area (Å²) in [6.45, 7) is 3.78. The average molecular weight is 347 g/mol. The average Bonchev–Trinajstić information content (AvgIpc) is 3.06. The molecule has 1 unspecified atom stereocenters. The third kappa shape index (κ3) is 4.02. The molecular weight excluding hydrogens is 331 g/mol. The summed E-state index contributed by atoms with van der Waals surface area (Å²) in [5.74, 6) is 0.808. The van der Waals surface area contributed by atoms with E-state index in [0.717, 1.165) is 17.7 Å². The Kier molecular flexibility index (Phi) is 4.53. The molecule has 3 nitrogen and oxygen atoms in total. The van der Waals surface area contributed by atoms with Crippen LogP contribution in [0.5, 0.6) is 5.75 Å². The highest BCUT2D eigenvalue weighted by Crippen LogP contribution is 2.32. The summed E-state index contributed by atoms with van der Waals surface area (Å²) in [6, 6.07) is 12.4. The number of rotatable bonds is 4. The number of hydrogen-bond donors (Lipinski definition) is 0. The summed E-state index contributed by atoms with van der Waals surface area (Å²) in [6.07, 6.45) is -3.41. The fraction of sp³-hybridized carbons (Fsp3) is 0.211. The highest BCUT2D eigenvalue weighted by Gasteiger charge is 2.30. The van der Waals surface area contributed by atoms with Gasteiger partial charge in [-0.15, -0.1) is 0 Å². The van der Waals surface area contributed by atoms with E-state index in [0.29, 0.717) is 11.4 Å². The second-order valence-electron chi connectivity index (χ2n) is 5.73. The number of halogens is 3. The summed E-state index contributed by atoms with van der Waals surface area (Å²) in [5.41, 5.74) is 1.15. The minimum atomic E-state index is -4.41. The van der Waals surface area contributed by atoms with Gasteiger partial charge in [-0.3, -0.25) is 0 Å². The first-order valence-electron chi connectivity index (χ1n) is 7.69. The predicted octanol–water partition coefficient (Wildman–Crippen LogP) is 5.81. The molecule has 130 valence electrons. The molecule has 0 amide bonds. The van der Waals surface area contributed by atoms with Crippen LogP contribution in [0.2, 0.25) is 0 Å². The molecule has 3 rings (SSSR count). The standard InChI is InChI=1S/C19H16F3NO2/c1-12-6-8-16(9-7-12)25-13(2)17-11-24-18(23-17)14-4-3-5-15(10-14)19(20,21)22/h3-11,13H,1-2H3. The van der Waals surface area contributed by atoms with E-state index in [2.05, 4.69) is 4.98 Å². The number of aromatic nitrogens is 1. The Hall–Kier alpha value is -2.76. The zero-order valence-corrected chi connectivity index (χ0v) is 13.7. The Labute approximate surface area is 143 Å². The third-order valence-corrected chi connectivity index (χ3v) is 3.71. The maximum atomic E-state index is 12.8. The molecule has 3 aromatic rings. The molecule has 6 heteroatoms. The molecule has 1 heterocycles. The number of oxazole rings is 1. The van der Waals surface area contributed by atoms with Crippen molar-refractivity contribution in [3.05, 3.63) is 71.6 Å². The van der Waals surface area contributed by atoms with Crippen LogP contribution in [-0.4, -0.2) is 4.98 Å². The van der Waals surface area contributed by atoms with Crippen molar-refractivity contribution in [1.82, 2.24) is 4.98 Å². The first-order chi connectivity index (χ1) is 11.8. The van der Waals surface area contributed by atoms with E-state index in [-0.39, 0.29) is 11.5 Å². The van der Waals surface area contributed by atoms with Gasteiger partial charge in [0.25, 0.3) is 0 Å². The summed E-state index contributed by atoms with van der Waals surface area (Å²) in [7, 11) is 0. The van der Waals surface area contributed by atoms with Gasteiger partial charge in [0.2, 0.25) is 5.89 Å². The van der Waals surface area contributed by atoms with Crippen molar-refractivity contribution in [3.8, 4) is 17.2 Å². The lowest BCUT2D eigenvalue weighted by Gasteiger charge is -2.12. The van der Waals surface area contributed by atoms with Gasteiger partial charge in [-0.25, -0.2) is 4.98 Å². The number of benzene rings is 2. The van der Waals surface area contributed by atoms with Crippen LogP contribution < -0.4 is 4.74 Å². The molecule has 0 aliphatic heterocycles. The largest absolute Gasteiger partial charge is 0.484 e. The fourth-order valence-electron chi connectivity index (χ4n) is 2.32. The summed E-state index contributed by atoms with van der Waals surface area (Å²) >= 11 is 0. The van der Waals surface area contributed by atoms with Crippen LogP contribution in [0.1, 0.15) is 29.8 Å². The van der Waals surface area contributed by atoms with E-state index >= 15 is 0 Å². The predicted molar refractivity (Wildman–Crippen MR) is 87.2 cm³/mol. The molecule has 0 N–H and O–H groups in total. The van der Waals surface area contributed by atoms with E-state index in [9.17, 15) is 13.2 Å². The van der Waals surface area contributed by atoms with E-state index < -0.39 is 17.8 Å². The minimum Gasteiger partial charge on any atom is -0.484 e. The Morgan fingerprint density at radius 2 is 1.80 bits per heavy atom. The number of ether oxygens (including phenoxy) is 1. The molecule has 0 saturated heterocycles. The second kappa shape index (κ2) is 6.63. The summed E-state index contributed by atoms with van der Waals surface area (Å²) in [5, 5.41) is 0. The topological polar surface area (TPSA) is 35.3 Å². The lowest BCUT2D eigenvalue weighted by Crippen LogP contribution is -2.05. The van der Waals surface area contributed by atoms with E-state index in [1.165, 1.54) is 18.4 Å². The van der Waals surface area contributed by atoms with Crippen molar-refractivity contribution in [2.24, 2.45) is 0 Å². The second-order valence-corrected chi connectivity index (χ2v) is 5.73. The van der Waals surface area contributed by atoms with E-state index in [1.54, 1.807) is 6.92 Å². The molecular formula is C19H16F3NO2. The first-order valence-corrected chi connectivity index (χ1v) is 7.69. The molecule has 0 aliphatic carbocycles. The Bertz CT molecular complexity index is 854. The van der Waals surface area contributed by atoms with E-state index in [4.69, 9.17) is 9.15 Å². The van der Waals surface area contributed by atoms with Gasteiger partial charge in [-0.1, -0.05) is 23.8 Å². The Balaban J connectivity index is 1.79. The van der Waals surface area contributed by atoms with Crippen molar-refractivity contribution in [2.45, 2.75) is 26.1 Å². The van der Waals surface area contributed by atoms with Crippen LogP contribution in [0.25, 0.3) is 11.5 Å². The number of aryl methyl sites for hydroxylation is 1. The van der Waals surface area contributed by atoms with Gasteiger partial charge >= 0.3 is 6.18 Å². The van der Waals surface area contributed by atoms with Crippen LogP contribution in [0.3, 0.4) is 0 Å². The summed E-state index contributed by atoms with van der Waals surface area (Å²) < 4.78 is 49.6. The first kappa shape index (κ1) is 17.1. The fourth-order valence-corrected chi connectivity index (χ4v) is 2.32. The Morgan fingerprint density at radius 3 is 2.48 bits per heavy atom. The molecule has 1 atom stereocenters. The van der Waals surface area contributed by atoms with Gasteiger partial charge in [0.15, 0.2) is 0 Å². The number of alkyl halides is 3. The zero-order valence-electron chi connectivity index (χ0n) is 13.7. The van der Waals surface area contributed by atoms with Gasteiger partial charge in [0.1, 0.15) is 23.8 Å². The maximum Gasteiger partial charge on any atom is 0.416 e. The zero-order chi connectivity index (χ0) is 18.0. The molecule has 0 saturated carbocycles. The molecule has 25 heavy (non-hydrogen) atoms. The number of hydrogen-bond acceptors (Lipinski definition) is 3. The molecule has 2 aromatic carbocycles. The third-order valence-electron chi connectivity index (χ3n) is 3.71. The Morgan fingerprint density at radius 1 is 1.08 bits per heavy atom. The van der Waals surface area contributed by atoms with Gasteiger partial charge in [0, 0.05) is 5.56 Å². The van der Waals surface area contributed by atoms with Crippen LogP contribution in [0, 0.1) is 6.92 Å². The van der Waals surface area contributed by atoms with Crippen LogP contribution >= 0.6 is 0 Å². The van der Waals surface area contributed by atoms with Crippen LogP contribution in [-0.2, 0) is 6.18 Å². The van der Waals surface area contributed by atoms with Gasteiger partial charge in [0.05, 0.1) is 5.56 Å². The SMILES string of the molecule is Cc1ccc(OC(C)c2coc(-c3cccc(C(F)(F)F)c3)n2)cc1. The lowest BCUT2D eigenvalue weighted by atomic mass is 10.1. The van der Waals surface area contributed by atoms with Gasteiger partial charge in [-0.2, -0.15) is 13.2 Å². The highest BCUT2D eigenvalue weighted by molar-refractivity contribution is 5.55. The maximum absolute atomic E-state index is 12.8. The smallest absolute Gasteiger partial charge is 0.416 e. The summed E-state index contributed by atoms with van der Waals surface area (Å²) in [4.78, 5) is 4.26. The molecule has 1 aromatic heterocycles. The van der Waals surface area contributed by atoms with Crippen molar-refractivity contribution in [2.75, 3.05) is 0 Å². The van der Waals surface area contributed by atoms with Crippen molar-refractivity contribution in [1.29, 1.82) is 0 Å². The lowest BCUT2D eigenvalue weighted by molar-refractivity contribution is -0.137. The normalized spacial score (nSPS) is 12.8. The monoisotopic (exact) mass is 347 g/mol.